The van der Waals surface area contributed by atoms with E-state index in [2.05, 4.69) is 0 Å². The molecule has 9 heteroatoms. The lowest BCUT2D eigenvalue weighted by Crippen LogP contribution is -2.42. The molecule has 0 bridgehead atoms. The third-order valence-electron chi connectivity index (χ3n) is 2.81. The van der Waals surface area contributed by atoms with Crippen molar-refractivity contribution in [2.45, 2.75) is 6.04 Å². The Hall–Kier alpha value is -2.16. The minimum absolute atomic E-state index is 0.101. The van der Waals surface area contributed by atoms with Crippen LogP contribution in [0.2, 0.25) is 0 Å². The number of carboxylic acid groups (broad SMARTS) is 1. The average Bonchev–Trinajstić information content (AvgIpc) is 2.86. The molecular weight excluding hydrogens is 291 g/mol. The molecular formula is C11H9FN2O5S. The van der Waals surface area contributed by atoms with E-state index < -0.39 is 39.9 Å². The van der Waals surface area contributed by atoms with Gasteiger partial charge in [0.1, 0.15) is 17.4 Å². The fourth-order valence-electron chi connectivity index (χ4n) is 1.84. The Labute approximate surface area is 116 Å². The number of halogens is 1. The van der Waals surface area contributed by atoms with Crippen LogP contribution >= 0.6 is 11.8 Å². The van der Waals surface area contributed by atoms with Crippen LogP contribution in [0.1, 0.15) is 10.4 Å². The largest absolute Gasteiger partial charge is 0.480 e. The highest BCUT2D eigenvalue weighted by Gasteiger charge is 2.37. The molecule has 0 aromatic heterocycles. The van der Waals surface area contributed by atoms with Crippen LogP contribution in [0.3, 0.4) is 0 Å². The van der Waals surface area contributed by atoms with Gasteiger partial charge < -0.3 is 10.0 Å². The molecule has 0 spiro atoms. The first-order valence-electron chi connectivity index (χ1n) is 5.47. The van der Waals surface area contributed by atoms with Crippen LogP contribution in [-0.2, 0) is 4.79 Å². The van der Waals surface area contributed by atoms with E-state index in [-0.39, 0.29) is 11.6 Å². The second-order valence-corrected chi connectivity index (χ2v) is 5.05. The van der Waals surface area contributed by atoms with E-state index in [4.69, 9.17) is 5.11 Å². The number of rotatable bonds is 3. The Bertz CT molecular complexity index is 594. The minimum Gasteiger partial charge on any atom is -0.480 e. The van der Waals surface area contributed by atoms with Gasteiger partial charge in [-0.05, 0) is 12.1 Å². The molecule has 1 aliphatic heterocycles. The van der Waals surface area contributed by atoms with Crippen molar-refractivity contribution in [1.29, 1.82) is 0 Å². The summed E-state index contributed by atoms with van der Waals surface area (Å²) in [7, 11) is 0. The zero-order valence-electron chi connectivity index (χ0n) is 9.98. The lowest BCUT2D eigenvalue weighted by molar-refractivity contribution is -0.385. The van der Waals surface area contributed by atoms with Crippen LogP contribution in [0.15, 0.2) is 18.2 Å². The van der Waals surface area contributed by atoms with Gasteiger partial charge in [-0.2, -0.15) is 0 Å². The molecule has 1 amide bonds. The van der Waals surface area contributed by atoms with Gasteiger partial charge in [-0.1, -0.05) is 0 Å². The van der Waals surface area contributed by atoms with E-state index in [1.165, 1.54) is 11.8 Å². The predicted octanol–water partition coefficient (Wildman–Crippen LogP) is 1.33. The highest BCUT2D eigenvalue weighted by molar-refractivity contribution is 7.99. The Morgan fingerprint density at radius 2 is 2.20 bits per heavy atom. The standard InChI is InChI=1S/C11H9FN2O5S/c12-6-1-2-8(14(18)19)7(3-6)10(15)13-5-20-4-9(13)11(16)17/h1-3,9H,4-5H2,(H,16,17). The fourth-order valence-corrected chi connectivity index (χ4v) is 2.99. The van der Waals surface area contributed by atoms with Gasteiger partial charge in [-0.25, -0.2) is 9.18 Å². The molecule has 1 N–H and O–H groups in total. The molecule has 1 aliphatic rings. The van der Waals surface area contributed by atoms with E-state index >= 15 is 0 Å². The maximum atomic E-state index is 13.2. The minimum atomic E-state index is -1.19. The van der Waals surface area contributed by atoms with E-state index in [9.17, 15) is 24.1 Å². The summed E-state index contributed by atoms with van der Waals surface area (Å²) in [5, 5.41) is 19.9. The van der Waals surface area contributed by atoms with Gasteiger partial charge in [-0.15, -0.1) is 11.8 Å². The summed E-state index contributed by atoms with van der Waals surface area (Å²) in [6.07, 6.45) is 0. The first-order valence-corrected chi connectivity index (χ1v) is 6.62. The Kier molecular flexibility index (Phi) is 3.89. The lowest BCUT2D eigenvalue weighted by atomic mass is 10.1. The number of hydrogen-bond donors (Lipinski definition) is 1. The van der Waals surface area contributed by atoms with Crippen molar-refractivity contribution in [3.8, 4) is 0 Å². The zero-order chi connectivity index (χ0) is 14.9. The molecule has 1 heterocycles. The Morgan fingerprint density at radius 3 is 2.80 bits per heavy atom. The molecule has 0 saturated carbocycles. The number of nitrogens with zero attached hydrogens (tertiary/aromatic N) is 2. The molecule has 0 radical (unpaired) electrons. The average molecular weight is 300 g/mol. The first kappa shape index (κ1) is 14.3. The van der Waals surface area contributed by atoms with Crippen molar-refractivity contribution in [2.24, 2.45) is 0 Å². The number of hydrogen-bond acceptors (Lipinski definition) is 5. The van der Waals surface area contributed by atoms with Crippen LogP contribution in [0.25, 0.3) is 0 Å². The normalized spacial score (nSPS) is 18.1. The number of aliphatic carboxylic acids is 1. The fraction of sp³-hybridized carbons (Fsp3) is 0.273. The molecule has 2 rings (SSSR count). The van der Waals surface area contributed by atoms with E-state index in [0.717, 1.165) is 23.1 Å². The molecule has 20 heavy (non-hydrogen) atoms. The van der Waals surface area contributed by atoms with Gasteiger partial charge >= 0.3 is 5.97 Å². The molecule has 1 fully saturated rings. The summed E-state index contributed by atoms with van der Waals surface area (Å²) in [6, 6.07) is 1.46. The topological polar surface area (TPSA) is 101 Å². The summed E-state index contributed by atoms with van der Waals surface area (Å²) in [5.41, 5.74) is -0.985. The van der Waals surface area contributed by atoms with Crippen LogP contribution in [0.5, 0.6) is 0 Å². The molecule has 1 atom stereocenters. The van der Waals surface area contributed by atoms with E-state index in [1.54, 1.807) is 0 Å². The molecule has 106 valence electrons. The first-order chi connectivity index (χ1) is 9.41. The van der Waals surface area contributed by atoms with Crippen molar-refractivity contribution in [3.63, 3.8) is 0 Å². The summed E-state index contributed by atoms with van der Waals surface area (Å²) in [6.45, 7) is 0. The molecule has 1 aromatic rings. The number of carbonyl (C=O) groups excluding carboxylic acids is 1. The summed E-state index contributed by atoms with van der Waals surface area (Å²) < 4.78 is 13.2. The van der Waals surface area contributed by atoms with Crippen molar-refractivity contribution in [3.05, 3.63) is 39.7 Å². The SMILES string of the molecule is O=C(O)C1CSCN1C(=O)c1cc(F)ccc1[N+](=O)[O-]. The quantitative estimate of drug-likeness (QED) is 0.667. The van der Waals surface area contributed by atoms with Crippen molar-refractivity contribution < 1.29 is 24.0 Å². The Balaban J connectivity index is 2.40. The van der Waals surface area contributed by atoms with Gasteiger partial charge in [-0.3, -0.25) is 14.9 Å². The van der Waals surface area contributed by atoms with Crippen molar-refractivity contribution in [2.75, 3.05) is 11.6 Å². The van der Waals surface area contributed by atoms with Crippen molar-refractivity contribution >= 4 is 29.3 Å². The third kappa shape index (κ3) is 2.57. The van der Waals surface area contributed by atoms with Gasteiger partial charge in [0.05, 0.1) is 10.8 Å². The molecule has 7 nitrogen and oxygen atoms in total. The molecule has 1 saturated heterocycles. The van der Waals surface area contributed by atoms with Crippen LogP contribution in [0.4, 0.5) is 10.1 Å². The second kappa shape index (κ2) is 5.45. The number of nitro groups is 1. The maximum Gasteiger partial charge on any atom is 0.327 e. The van der Waals surface area contributed by atoms with E-state index in [0.29, 0.717) is 0 Å². The highest BCUT2D eigenvalue weighted by atomic mass is 32.2. The maximum absolute atomic E-state index is 13.2. The number of nitro benzene ring substituents is 1. The number of carboxylic acids is 1. The number of thioether (sulfide) groups is 1. The predicted molar refractivity (Wildman–Crippen MR) is 68.0 cm³/mol. The van der Waals surface area contributed by atoms with Gasteiger partial charge in [0.25, 0.3) is 11.6 Å². The number of carbonyl (C=O) groups is 2. The van der Waals surface area contributed by atoms with Crippen LogP contribution in [-0.4, -0.2) is 44.5 Å². The Morgan fingerprint density at radius 1 is 1.50 bits per heavy atom. The highest BCUT2D eigenvalue weighted by Crippen LogP contribution is 2.27. The lowest BCUT2D eigenvalue weighted by Gasteiger charge is -2.20. The number of amides is 1. The molecule has 0 aliphatic carbocycles. The van der Waals surface area contributed by atoms with Crippen molar-refractivity contribution in [1.82, 2.24) is 4.90 Å². The second-order valence-electron chi connectivity index (χ2n) is 4.05. The summed E-state index contributed by atoms with van der Waals surface area (Å²) in [4.78, 5) is 34.3. The van der Waals surface area contributed by atoms with Gasteiger partial charge in [0, 0.05) is 11.8 Å². The smallest absolute Gasteiger partial charge is 0.327 e. The van der Waals surface area contributed by atoms with Gasteiger partial charge in [0.15, 0.2) is 0 Å². The monoisotopic (exact) mass is 300 g/mol. The molecule has 1 unspecified atom stereocenters. The molecule has 1 aromatic carbocycles. The van der Waals surface area contributed by atoms with E-state index in [1.807, 2.05) is 0 Å². The summed E-state index contributed by atoms with van der Waals surface area (Å²) >= 11 is 1.22. The van der Waals surface area contributed by atoms with Gasteiger partial charge in [0.2, 0.25) is 0 Å². The number of benzene rings is 1. The summed E-state index contributed by atoms with van der Waals surface area (Å²) in [5.74, 6) is -2.54. The third-order valence-corrected chi connectivity index (χ3v) is 3.83. The van der Waals surface area contributed by atoms with Crippen LogP contribution in [0, 0.1) is 15.9 Å². The van der Waals surface area contributed by atoms with Crippen LogP contribution < -0.4 is 0 Å². The zero-order valence-corrected chi connectivity index (χ0v) is 10.8.